The lowest BCUT2D eigenvalue weighted by Gasteiger charge is -2.06. The Morgan fingerprint density at radius 3 is 2.90 bits per heavy atom. The molecular weight excluding hydrogens is 264 g/mol. The van der Waals surface area contributed by atoms with Crippen LogP contribution in [-0.2, 0) is 6.54 Å². The number of nitrogens with zero attached hydrogens (tertiary/aromatic N) is 2. The standard InChI is InChI=1S/C11H12N6O3/c12-16-9-3-8(1-2-10(9)17(19)20)11(18)13-4-7-5-14-15-6-7/h1-3,5-6,16H,4,12H2,(H,13,18)(H,14,15). The van der Waals surface area contributed by atoms with Gasteiger partial charge in [0.05, 0.1) is 11.1 Å². The molecule has 1 heterocycles. The summed E-state index contributed by atoms with van der Waals surface area (Å²) in [6.45, 7) is 0.303. The van der Waals surface area contributed by atoms with Gasteiger partial charge in [0.1, 0.15) is 5.69 Å². The maximum absolute atomic E-state index is 11.9. The molecule has 0 bridgehead atoms. The summed E-state index contributed by atoms with van der Waals surface area (Å²) in [5.74, 6) is 4.85. The minimum Gasteiger partial charge on any atom is -0.348 e. The summed E-state index contributed by atoms with van der Waals surface area (Å²) in [5, 5.41) is 19.8. The number of benzene rings is 1. The molecule has 0 saturated heterocycles. The van der Waals surface area contributed by atoms with Crippen LogP contribution < -0.4 is 16.6 Å². The number of nitro benzene ring substituents is 1. The van der Waals surface area contributed by atoms with Crippen LogP contribution in [0.5, 0.6) is 0 Å². The SMILES string of the molecule is NNc1cc(C(=O)NCc2cn[nH]c2)ccc1[N+](=O)[O-]. The molecule has 0 radical (unpaired) electrons. The van der Waals surface area contributed by atoms with Gasteiger partial charge in [0.25, 0.3) is 11.6 Å². The molecule has 9 nitrogen and oxygen atoms in total. The average Bonchev–Trinajstić information content (AvgIpc) is 2.97. The first-order chi connectivity index (χ1) is 9.61. The molecule has 5 N–H and O–H groups in total. The lowest BCUT2D eigenvalue weighted by atomic mass is 10.1. The largest absolute Gasteiger partial charge is 0.348 e. The first kappa shape index (κ1) is 13.5. The third kappa shape index (κ3) is 2.90. The fraction of sp³-hybridized carbons (Fsp3) is 0.0909. The van der Waals surface area contributed by atoms with Crippen molar-refractivity contribution in [2.24, 2.45) is 5.84 Å². The van der Waals surface area contributed by atoms with Crippen LogP contribution in [0.1, 0.15) is 15.9 Å². The van der Waals surface area contributed by atoms with Gasteiger partial charge in [-0.05, 0) is 12.1 Å². The van der Waals surface area contributed by atoms with Crippen molar-refractivity contribution in [2.75, 3.05) is 5.43 Å². The zero-order valence-corrected chi connectivity index (χ0v) is 10.3. The molecule has 0 atom stereocenters. The van der Waals surface area contributed by atoms with Crippen LogP contribution >= 0.6 is 0 Å². The van der Waals surface area contributed by atoms with Crippen molar-refractivity contribution in [3.8, 4) is 0 Å². The Labute approximate surface area is 113 Å². The van der Waals surface area contributed by atoms with E-state index in [1.807, 2.05) is 0 Å². The number of aromatic amines is 1. The van der Waals surface area contributed by atoms with Crippen LogP contribution in [0.4, 0.5) is 11.4 Å². The number of nitro groups is 1. The number of carbonyl (C=O) groups excluding carboxylic acids is 1. The minimum atomic E-state index is -0.581. The molecule has 0 aliphatic rings. The summed E-state index contributed by atoms with van der Waals surface area (Å²) in [7, 11) is 0. The maximum Gasteiger partial charge on any atom is 0.293 e. The number of rotatable bonds is 5. The van der Waals surface area contributed by atoms with Crippen molar-refractivity contribution in [1.29, 1.82) is 0 Å². The monoisotopic (exact) mass is 276 g/mol. The fourth-order valence-corrected chi connectivity index (χ4v) is 1.61. The smallest absolute Gasteiger partial charge is 0.293 e. The van der Waals surface area contributed by atoms with Crippen LogP contribution in [0.25, 0.3) is 0 Å². The van der Waals surface area contributed by atoms with Gasteiger partial charge < -0.3 is 10.7 Å². The molecule has 20 heavy (non-hydrogen) atoms. The molecule has 0 unspecified atom stereocenters. The number of nitrogens with two attached hydrogens (primary N) is 1. The number of nitrogen functional groups attached to an aromatic ring is 1. The Morgan fingerprint density at radius 1 is 1.50 bits per heavy atom. The van der Waals surface area contributed by atoms with E-state index in [2.05, 4.69) is 20.9 Å². The second kappa shape index (κ2) is 5.80. The first-order valence-electron chi connectivity index (χ1n) is 5.62. The summed E-state index contributed by atoms with van der Waals surface area (Å²) in [5.41, 5.74) is 3.17. The molecule has 1 aromatic carbocycles. The lowest BCUT2D eigenvalue weighted by molar-refractivity contribution is -0.384. The van der Waals surface area contributed by atoms with Gasteiger partial charge in [0.15, 0.2) is 0 Å². The quantitative estimate of drug-likeness (QED) is 0.357. The van der Waals surface area contributed by atoms with Crippen LogP contribution in [-0.4, -0.2) is 21.0 Å². The van der Waals surface area contributed by atoms with Crippen molar-refractivity contribution >= 4 is 17.3 Å². The van der Waals surface area contributed by atoms with Gasteiger partial charge in [-0.1, -0.05) is 0 Å². The summed E-state index contributed by atoms with van der Waals surface area (Å²) < 4.78 is 0. The third-order valence-electron chi connectivity index (χ3n) is 2.62. The number of anilines is 1. The molecule has 0 spiro atoms. The topological polar surface area (TPSA) is 139 Å². The van der Waals surface area contributed by atoms with Crippen LogP contribution in [0, 0.1) is 10.1 Å². The van der Waals surface area contributed by atoms with Crippen LogP contribution in [0.15, 0.2) is 30.6 Å². The zero-order chi connectivity index (χ0) is 14.5. The molecule has 0 aliphatic carbocycles. The molecule has 0 saturated carbocycles. The third-order valence-corrected chi connectivity index (χ3v) is 2.62. The predicted molar refractivity (Wildman–Crippen MR) is 70.7 cm³/mol. The molecular formula is C11H12N6O3. The number of amides is 1. The van der Waals surface area contributed by atoms with E-state index in [0.717, 1.165) is 5.56 Å². The highest BCUT2D eigenvalue weighted by Crippen LogP contribution is 2.24. The van der Waals surface area contributed by atoms with Crippen molar-refractivity contribution in [2.45, 2.75) is 6.54 Å². The Hall–Kier alpha value is -2.94. The van der Waals surface area contributed by atoms with E-state index in [4.69, 9.17) is 5.84 Å². The maximum atomic E-state index is 11.9. The number of hydrazine groups is 1. The Kier molecular flexibility index (Phi) is 3.91. The van der Waals surface area contributed by atoms with E-state index >= 15 is 0 Å². The van der Waals surface area contributed by atoms with Gasteiger partial charge >= 0.3 is 0 Å². The highest BCUT2D eigenvalue weighted by Gasteiger charge is 2.16. The van der Waals surface area contributed by atoms with Gasteiger partial charge in [-0.3, -0.25) is 25.9 Å². The van der Waals surface area contributed by atoms with E-state index in [-0.39, 0.29) is 22.8 Å². The highest BCUT2D eigenvalue weighted by molar-refractivity contribution is 5.95. The second-order valence-electron chi connectivity index (χ2n) is 3.92. The number of nitrogens with one attached hydrogen (secondary N) is 3. The van der Waals surface area contributed by atoms with Gasteiger partial charge in [-0.2, -0.15) is 5.10 Å². The highest BCUT2D eigenvalue weighted by atomic mass is 16.6. The van der Waals surface area contributed by atoms with E-state index in [9.17, 15) is 14.9 Å². The van der Waals surface area contributed by atoms with Gasteiger partial charge in [0.2, 0.25) is 0 Å². The summed E-state index contributed by atoms with van der Waals surface area (Å²) in [4.78, 5) is 22.1. The number of hydrogen-bond donors (Lipinski definition) is 4. The minimum absolute atomic E-state index is 0.0750. The second-order valence-corrected chi connectivity index (χ2v) is 3.92. The molecule has 9 heteroatoms. The van der Waals surface area contributed by atoms with E-state index in [0.29, 0.717) is 6.54 Å². The number of hydrogen-bond acceptors (Lipinski definition) is 6. The molecule has 1 aromatic heterocycles. The van der Waals surface area contributed by atoms with E-state index in [1.165, 1.54) is 18.2 Å². The van der Waals surface area contributed by atoms with Gasteiger partial charge in [0, 0.05) is 29.9 Å². The molecule has 0 fully saturated rings. The number of H-pyrrole nitrogens is 1. The number of aromatic nitrogens is 2. The predicted octanol–water partition coefficient (Wildman–Crippen LogP) is 0.533. The summed E-state index contributed by atoms with van der Waals surface area (Å²) in [6.07, 6.45) is 3.24. The van der Waals surface area contributed by atoms with Crippen molar-refractivity contribution in [1.82, 2.24) is 15.5 Å². The first-order valence-corrected chi connectivity index (χ1v) is 5.62. The van der Waals surface area contributed by atoms with Crippen LogP contribution in [0.2, 0.25) is 0 Å². The molecule has 2 aromatic rings. The Bertz CT molecular complexity index is 625. The molecule has 0 aliphatic heterocycles. The van der Waals surface area contributed by atoms with E-state index < -0.39 is 4.92 Å². The van der Waals surface area contributed by atoms with Gasteiger partial charge in [-0.25, -0.2) is 0 Å². The zero-order valence-electron chi connectivity index (χ0n) is 10.3. The molecule has 1 amide bonds. The normalized spacial score (nSPS) is 10.1. The van der Waals surface area contributed by atoms with Crippen LogP contribution in [0.3, 0.4) is 0 Å². The summed E-state index contributed by atoms with van der Waals surface area (Å²) >= 11 is 0. The fourth-order valence-electron chi connectivity index (χ4n) is 1.61. The lowest BCUT2D eigenvalue weighted by Crippen LogP contribution is -2.23. The average molecular weight is 276 g/mol. The van der Waals surface area contributed by atoms with Crippen molar-refractivity contribution in [3.05, 3.63) is 51.8 Å². The van der Waals surface area contributed by atoms with Crippen molar-refractivity contribution in [3.63, 3.8) is 0 Å². The summed E-state index contributed by atoms with van der Waals surface area (Å²) in [6, 6.07) is 3.91. The van der Waals surface area contributed by atoms with Crippen molar-refractivity contribution < 1.29 is 9.72 Å². The number of carbonyl (C=O) groups is 1. The molecule has 104 valence electrons. The Balaban J connectivity index is 2.12. The van der Waals surface area contributed by atoms with Gasteiger partial charge in [-0.15, -0.1) is 0 Å². The van der Waals surface area contributed by atoms with E-state index in [1.54, 1.807) is 12.4 Å². The Morgan fingerprint density at radius 2 is 2.30 bits per heavy atom. The molecule has 2 rings (SSSR count).